The summed E-state index contributed by atoms with van der Waals surface area (Å²) in [6.45, 7) is 0.362. The van der Waals surface area contributed by atoms with E-state index in [-0.39, 0.29) is 17.7 Å². The second kappa shape index (κ2) is 9.74. The first-order chi connectivity index (χ1) is 16.4. The van der Waals surface area contributed by atoms with Crippen LogP contribution in [0.1, 0.15) is 39.1 Å². The molecule has 1 aliphatic heterocycles. The number of aromatic nitrogens is 2. The first-order valence-corrected chi connectivity index (χ1v) is 11.0. The summed E-state index contributed by atoms with van der Waals surface area (Å²) in [6.07, 6.45) is 4.97. The maximum Gasteiger partial charge on any atom is 0.275 e. The van der Waals surface area contributed by atoms with Gasteiger partial charge in [-0.15, -0.1) is 0 Å². The minimum absolute atomic E-state index is 0.0872. The van der Waals surface area contributed by atoms with Crippen molar-refractivity contribution < 1.29 is 9.90 Å². The van der Waals surface area contributed by atoms with Gasteiger partial charge in [0.15, 0.2) is 11.4 Å². The number of hydrogen-bond acceptors (Lipinski definition) is 6. The lowest BCUT2D eigenvalue weighted by Gasteiger charge is -2.37. The molecule has 8 heteroatoms. The van der Waals surface area contributed by atoms with Gasteiger partial charge in [0.1, 0.15) is 0 Å². The SMILES string of the molecule is CN=CC(=CN)Cc1cccc(C(c2ccccc2)C2CN(C)C(=O)c3c(O)c(=O)cnn32)c1. The fourth-order valence-corrected chi connectivity index (χ4v) is 4.52. The van der Waals surface area contributed by atoms with Gasteiger partial charge in [0.05, 0.1) is 12.2 Å². The molecule has 1 aromatic heterocycles. The van der Waals surface area contributed by atoms with E-state index in [1.165, 1.54) is 9.58 Å². The van der Waals surface area contributed by atoms with E-state index < -0.39 is 17.1 Å². The molecule has 0 fully saturated rings. The van der Waals surface area contributed by atoms with Crippen molar-refractivity contribution >= 4 is 12.1 Å². The molecule has 0 spiro atoms. The molecule has 8 nitrogen and oxygen atoms in total. The number of aromatic hydroxyl groups is 1. The predicted octanol–water partition coefficient (Wildman–Crippen LogP) is 2.49. The van der Waals surface area contributed by atoms with Gasteiger partial charge in [-0.25, -0.2) is 0 Å². The highest BCUT2D eigenvalue weighted by Gasteiger charge is 2.38. The molecule has 2 aromatic carbocycles. The first-order valence-electron chi connectivity index (χ1n) is 11.0. The highest BCUT2D eigenvalue weighted by Crippen LogP contribution is 2.39. The predicted molar refractivity (Wildman–Crippen MR) is 131 cm³/mol. The van der Waals surface area contributed by atoms with E-state index in [1.807, 2.05) is 48.5 Å². The van der Waals surface area contributed by atoms with Crippen molar-refractivity contribution in [2.45, 2.75) is 18.4 Å². The van der Waals surface area contributed by atoms with Crippen molar-refractivity contribution in [3.05, 3.63) is 105 Å². The number of carbonyl (C=O) groups excluding carboxylic acids is 1. The van der Waals surface area contributed by atoms with Crippen molar-refractivity contribution in [3.63, 3.8) is 0 Å². The highest BCUT2D eigenvalue weighted by atomic mass is 16.3. The number of carbonyl (C=O) groups is 1. The standard InChI is InChI=1S/C26H27N5O3/c1-28-14-18(13-27)11-17-7-6-10-20(12-17)23(19-8-4-3-5-9-19)21-16-30(2)26(34)24-25(33)22(32)15-29-31(21)24/h3-10,12-15,21,23,33H,11,16,27H2,1-2H3. The lowest BCUT2D eigenvalue weighted by Crippen LogP contribution is -2.45. The molecule has 0 aliphatic carbocycles. The van der Waals surface area contributed by atoms with Crippen molar-refractivity contribution in [2.24, 2.45) is 10.7 Å². The molecule has 174 valence electrons. The van der Waals surface area contributed by atoms with Gasteiger partial charge in [-0.1, -0.05) is 54.6 Å². The fraction of sp³-hybridized carbons (Fsp3) is 0.231. The quantitative estimate of drug-likeness (QED) is 0.552. The number of hydrogen-bond donors (Lipinski definition) is 2. The minimum Gasteiger partial charge on any atom is -0.502 e. The van der Waals surface area contributed by atoms with Gasteiger partial charge >= 0.3 is 0 Å². The summed E-state index contributed by atoms with van der Waals surface area (Å²) >= 11 is 0. The molecule has 2 heterocycles. The molecule has 4 rings (SSSR count). The highest BCUT2D eigenvalue weighted by molar-refractivity contribution is 5.95. The Morgan fingerprint density at radius 2 is 1.94 bits per heavy atom. The van der Waals surface area contributed by atoms with Crippen LogP contribution >= 0.6 is 0 Å². The average molecular weight is 458 g/mol. The van der Waals surface area contributed by atoms with E-state index in [0.29, 0.717) is 13.0 Å². The van der Waals surface area contributed by atoms with E-state index in [2.05, 4.69) is 16.2 Å². The van der Waals surface area contributed by atoms with Crippen LogP contribution in [0.2, 0.25) is 0 Å². The van der Waals surface area contributed by atoms with E-state index in [9.17, 15) is 14.7 Å². The number of aliphatic imine (C=N–C) groups is 1. The molecule has 3 N–H and O–H groups in total. The number of nitrogens with zero attached hydrogens (tertiary/aromatic N) is 4. The number of likely N-dealkylation sites (N-methyl/N-ethyl adjacent to an activating group) is 1. The van der Waals surface area contributed by atoms with E-state index in [0.717, 1.165) is 28.5 Å². The van der Waals surface area contributed by atoms with Crippen LogP contribution in [0.3, 0.4) is 0 Å². The van der Waals surface area contributed by atoms with E-state index in [4.69, 9.17) is 5.73 Å². The number of rotatable bonds is 6. The number of amides is 1. The van der Waals surface area contributed by atoms with Crippen LogP contribution in [0.4, 0.5) is 0 Å². The molecule has 2 unspecified atom stereocenters. The molecule has 2 atom stereocenters. The Hall–Kier alpha value is -4.20. The van der Waals surface area contributed by atoms with Gasteiger partial charge in [-0.05, 0) is 28.5 Å². The smallest absolute Gasteiger partial charge is 0.275 e. The third kappa shape index (κ3) is 4.34. The van der Waals surface area contributed by atoms with Crippen LogP contribution in [0.25, 0.3) is 0 Å². The number of benzene rings is 2. The Labute approximate surface area is 197 Å². The minimum atomic E-state index is -0.675. The Kier molecular flexibility index (Phi) is 6.58. The largest absolute Gasteiger partial charge is 0.502 e. The zero-order valence-electron chi connectivity index (χ0n) is 19.1. The Morgan fingerprint density at radius 1 is 1.21 bits per heavy atom. The van der Waals surface area contributed by atoms with Crippen molar-refractivity contribution in [2.75, 3.05) is 20.6 Å². The van der Waals surface area contributed by atoms with E-state index >= 15 is 0 Å². The van der Waals surface area contributed by atoms with Gasteiger partial charge in [-0.3, -0.25) is 19.3 Å². The Bertz CT molecular complexity index is 1310. The van der Waals surface area contributed by atoms with Crippen LogP contribution in [-0.4, -0.2) is 52.5 Å². The molecule has 34 heavy (non-hydrogen) atoms. The number of fused-ring (bicyclic) bond motifs is 1. The molecule has 0 saturated carbocycles. The monoisotopic (exact) mass is 457 g/mol. The zero-order chi connectivity index (χ0) is 24.2. The molecular formula is C26H27N5O3. The summed E-state index contributed by atoms with van der Waals surface area (Å²) in [5.74, 6) is -1.21. The van der Waals surface area contributed by atoms with Crippen molar-refractivity contribution in [3.8, 4) is 5.75 Å². The summed E-state index contributed by atoms with van der Waals surface area (Å²) in [5, 5.41) is 14.7. The maximum atomic E-state index is 12.8. The molecule has 0 bridgehead atoms. The second-order valence-electron chi connectivity index (χ2n) is 8.34. The molecule has 3 aromatic rings. The summed E-state index contributed by atoms with van der Waals surface area (Å²) in [4.78, 5) is 30.5. The maximum absolute atomic E-state index is 12.8. The van der Waals surface area contributed by atoms with Gasteiger partial charge in [0.2, 0.25) is 5.43 Å². The fourth-order valence-electron chi connectivity index (χ4n) is 4.52. The number of nitrogens with two attached hydrogens (primary N) is 1. The average Bonchev–Trinajstić information content (AvgIpc) is 2.85. The summed E-state index contributed by atoms with van der Waals surface area (Å²) in [5.41, 5.74) is 9.02. The van der Waals surface area contributed by atoms with Gasteiger partial charge in [0.25, 0.3) is 5.91 Å². The summed E-state index contributed by atoms with van der Waals surface area (Å²) in [6, 6.07) is 17.8. The van der Waals surface area contributed by atoms with Crippen LogP contribution in [0.5, 0.6) is 5.75 Å². The van der Waals surface area contributed by atoms with Crippen LogP contribution in [0, 0.1) is 0 Å². The summed E-state index contributed by atoms with van der Waals surface area (Å²) < 4.78 is 1.50. The molecule has 1 aliphatic rings. The van der Waals surface area contributed by atoms with Crippen LogP contribution in [0.15, 0.2) is 82.4 Å². The van der Waals surface area contributed by atoms with Gasteiger partial charge in [-0.2, -0.15) is 5.10 Å². The normalized spacial score (nSPS) is 17.1. The first kappa shape index (κ1) is 23.0. The van der Waals surface area contributed by atoms with Crippen molar-refractivity contribution in [1.29, 1.82) is 0 Å². The number of allylic oxidation sites excluding steroid dienone is 1. The van der Waals surface area contributed by atoms with E-state index in [1.54, 1.807) is 26.5 Å². The van der Waals surface area contributed by atoms with Crippen molar-refractivity contribution in [1.82, 2.24) is 14.7 Å². The Morgan fingerprint density at radius 3 is 2.65 bits per heavy atom. The Balaban J connectivity index is 1.87. The lowest BCUT2D eigenvalue weighted by atomic mass is 9.83. The molecule has 0 radical (unpaired) electrons. The molecule has 1 amide bonds. The third-order valence-corrected chi connectivity index (χ3v) is 6.08. The van der Waals surface area contributed by atoms with Gasteiger partial charge < -0.3 is 15.7 Å². The van der Waals surface area contributed by atoms with Crippen LogP contribution < -0.4 is 11.2 Å². The second-order valence-corrected chi connectivity index (χ2v) is 8.34. The molecular weight excluding hydrogens is 430 g/mol. The topological polar surface area (TPSA) is 114 Å². The summed E-state index contributed by atoms with van der Waals surface area (Å²) in [7, 11) is 3.37. The third-order valence-electron chi connectivity index (χ3n) is 6.08. The van der Waals surface area contributed by atoms with Gasteiger partial charge in [0, 0.05) is 39.2 Å². The molecule has 0 saturated heterocycles. The zero-order valence-corrected chi connectivity index (χ0v) is 19.1. The van der Waals surface area contributed by atoms with Crippen LogP contribution in [-0.2, 0) is 6.42 Å². The lowest BCUT2D eigenvalue weighted by molar-refractivity contribution is 0.0686.